The Morgan fingerprint density at radius 1 is 1.14 bits per heavy atom. The summed E-state index contributed by atoms with van der Waals surface area (Å²) in [6, 6.07) is 13.6. The van der Waals surface area contributed by atoms with E-state index in [1.54, 1.807) is 12.0 Å². The Morgan fingerprint density at radius 3 is 2.48 bits per heavy atom. The molecule has 0 saturated carbocycles. The van der Waals surface area contributed by atoms with E-state index in [9.17, 15) is 4.79 Å². The predicted octanol–water partition coefficient (Wildman–Crippen LogP) is 4.12. The largest absolute Gasteiger partial charge is 0.288 e. The van der Waals surface area contributed by atoms with Crippen LogP contribution in [0.5, 0.6) is 0 Å². The van der Waals surface area contributed by atoms with Gasteiger partial charge in [-0.25, -0.2) is 5.06 Å². The second-order valence-electron chi connectivity index (χ2n) is 6.45. The lowest BCUT2D eigenvalue weighted by atomic mass is 9.99. The van der Waals surface area contributed by atoms with Crippen LogP contribution in [-0.2, 0) is 9.63 Å². The normalized spacial score (nSPS) is 13.1. The van der Waals surface area contributed by atoms with Crippen molar-refractivity contribution in [3.63, 3.8) is 0 Å². The molecule has 0 amide bonds. The van der Waals surface area contributed by atoms with Crippen LogP contribution in [0.2, 0.25) is 0 Å². The van der Waals surface area contributed by atoms with Crippen LogP contribution in [0.4, 0.5) is 5.69 Å². The lowest BCUT2D eigenvalue weighted by Gasteiger charge is -2.30. The number of fused-ring (bicyclic) bond motifs is 1. The number of hydroxylamine groups is 1. The molecule has 0 saturated heterocycles. The van der Waals surface area contributed by atoms with E-state index >= 15 is 0 Å². The summed E-state index contributed by atoms with van der Waals surface area (Å²) in [4.78, 5) is 17.1. The molecule has 0 heterocycles. The van der Waals surface area contributed by atoms with Crippen LogP contribution in [-0.4, -0.2) is 18.9 Å². The highest BCUT2D eigenvalue weighted by atomic mass is 16.7. The first-order valence-electron chi connectivity index (χ1n) is 7.20. The lowest BCUT2D eigenvalue weighted by molar-refractivity contribution is 0.0469. The van der Waals surface area contributed by atoms with Gasteiger partial charge in [-0.05, 0) is 23.8 Å². The van der Waals surface area contributed by atoms with E-state index in [1.165, 1.54) is 0 Å². The first-order chi connectivity index (χ1) is 9.92. The van der Waals surface area contributed by atoms with Gasteiger partial charge in [-0.3, -0.25) is 9.63 Å². The zero-order valence-corrected chi connectivity index (χ0v) is 13.1. The van der Waals surface area contributed by atoms with Gasteiger partial charge in [-0.15, -0.1) is 0 Å². The Bertz CT molecular complexity index is 611. The molecule has 111 valence electrons. The molecular formula is C18H22NO2. The van der Waals surface area contributed by atoms with E-state index in [-0.39, 0.29) is 5.41 Å². The van der Waals surface area contributed by atoms with E-state index in [1.807, 2.05) is 36.6 Å². The zero-order chi connectivity index (χ0) is 15.5. The minimum atomic E-state index is -0.460. The van der Waals surface area contributed by atoms with Gasteiger partial charge in [0.1, 0.15) is 6.04 Å². The van der Waals surface area contributed by atoms with Gasteiger partial charge in [0, 0.05) is 5.39 Å². The minimum absolute atomic E-state index is 0.0193. The van der Waals surface area contributed by atoms with Crippen molar-refractivity contribution in [1.29, 1.82) is 0 Å². The van der Waals surface area contributed by atoms with E-state index in [2.05, 4.69) is 32.9 Å². The summed E-state index contributed by atoms with van der Waals surface area (Å²) in [6.45, 7) is 8.62. The molecule has 0 bridgehead atoms. The first-order valence-corrected chi connectivity index (χ1v) is 7.20. The molecule has 2 aromatic carbocycles. The third-order valence-electron chi connectivity index (χ3n) is 3.16. The monoisotopic (exact) mass is 284 g/mol. The second kappa shape index (κ2) is 6.27. The Kier molecular flexibility index (Phi) is 4.63. The number of hydrogen-bond donors (Lipinski definition) is 0. The molecular weight excluding hydrogens is 262 g/mol. The molecule has 0 spiro atoms. The molecule has 21 heavy (non-hydrogen) atoms. The molecule has 0 aromatic heterocycles. The number of carbonyl (C=O) groups excluding carboxylic acids is 1. The van der Waals surface area contributed by atoms with Crippen molar-refractivity contribution in [2.24, 2.45) is 5.41 Å². The molecule has 0 aliphatic rings. The van der Waals surface area contributed by atoms with Crippen LogP contribution in [0.1, 0.15) is 27.7 Å². The average Bonchev–Trinajstić information content (AvgIpc) is 2.46. The molecule has 0 unspecified atom stereocenters. The number of nitrogens with zero attached hydrogens (tertiary/aromatic N) is 1. The van der Waals surface area contributed by atoms with Crippen molar-refractivity contribution in [3.8, 4) is 0 Å². The van der Waals surface area contributed by atoms with Crippen LogP contribution in [0.15, 0.2) is 42.5 Å². The van der Waals surface area contributed by atoms with Crippen LogP contribution in [0.25, 0.3) is 10.8 Å². The van der Waals surface area contributed by atoms with Gasteiger partial charge in [0.2, 0.25) is 6.29 Å². The van der Waals surface area contributed by atoms with Crippen LogP contribution < -0.4 is 5.06 Å². The van der Waals surface area contributed by atoms with E-state index < -0.39 is 6.04 Å². The summed E-state index contributed by atoms with van der Waals surface area (Å²) in [5, 5.41) is 3.86. The predicted molar refractivity (Wildman–Crippen MR) is 87.0 cm³/mol. The number of rotatable bonds is 5. The summed E-state index contributed by atoms with van der Waals surface area (Å²) in [5.74, 6) is 0. The molecule has 1 radical (unpaired) electrons. The molecule has 2 rings (SSSR count). The topological polar surface area (TPSA) is 29.5 Å². The van der Waals surface area contributed by atoms with Crippen molar-refractivity contribution < 1.29 is 9.63 Å². The van der Waals surface area contributed by atoms with Crippen molar-refractivity contribution in [2.75, 3.05) is 11.7 Å². The SMILES string of the molecule is C[C@@H]([C]=O)N(OCC(C)(C)C)c1cccc2ccccc12. The number of hydrogen-bond acceptors (Lipinski definition) is 3. The van der Waals surface area contributed by atoms with Crippen LogP contribution >= 0.6 is 0 Å². The summed E-state index contributed by atoms with van der Waals surface area (Å²) in [6.07, 6.45) is 2.02. The standard InChI is InChI=1S/C18H22NO2/c1-14(12-20)19(21-13-18(2,3)4)17-11-7-9-15-8-5-6-10-16(15)17/h5-11,14H,13H2,1-4H3/t14-/m0/s1. The van der Waals surface area contributed by atoms with Crippen molar-refractivity contribution >= 4 is 22.7 Å². The fourth-order valence-electron chi connectivity index (χ4n) is 2.10. The van der Waals surface area contributed by atoms with Crippen molar-refractivity contribution in [1.82, 2.24) is 0 Å². The molecule has 0 N–H and O–H groups in total. The molecule has 0 aliphatic carbocycles. The molecule has 3 nitrogen and oxygen atoms in total. The summed E-state index contributed by atoms with van der Waals surface area (Å²) < 4.78 is 0. The Labute approximate surface area is 126 Å². The Balaban J connectivity index is 2.41. The highest BCUT2D eigenvalue weighted by Gasteiger charge is 2.21. The van der Waals surface area contributed by atoms with Gasteiger partial charge < -0.3 is 0 Å². The Hall–Kier alpha value is -1.87. The zero-order valence-electron chi connectivity index (χ0n) is 13.1. The molecule has 3 heteroatoms. The van der Waals surface area contributed by atoms with Crippen molar-refractivity contribution in [2.45, 2.75) is 33.7 Å². The van der Waals surface area contributed by atoms with Crippen molar-refractivity contribution in [3.05, 3.63) is 42.5 Å². The third-order valence-corrected chi connectivity index (χ3v) is 3.16. The first kappa shape index (κ1) is 15.5. The van der Waals surface area contributed by atoms with Crippen LogP contribution in [0, 0.1) is 5.41 Å². The molecule has 0 fully saturated rings. The third kappa shape index (κ3) is 3.82. The minimum Gasteiger partial charge on any atom is -0.288 e. The molecule has 0 aliphatic heterocycles. The highest BCUT2D eigenvalue weighted by molar-refractivity contribution is 5.94. The number of benzene rings is 2. The summed E-state index contributed by atoms with van der Waals surface area (Å²) >= 11 is 0. The summed E-state index contributed by atoms with van der Waals surface area (Å²) in [7, 11) is 0. The smallest absolute Gasteiger partial charge is 0.225 e. The van der Waals surface area contributed by atoms with Gasteiger partial charge in [-0.1, -0.05) is 57.2 Å². The molecule has 2 aromatic rings. The number of anilines is 1. The highest BCUT2D eigenvalue weighted by Crippen LogP contribution is 2.29. The lowest BCUT2D eigenvalue weighted by Crippen LogP contribution is -2.37. The maximum atomic E-state index is 11.1. The second-order valence-corrected chi connectivity index (χ2v) is 6.45. The average molecular weight is 284 g/mol. The van der Waals surface area contributed by atoms with Gasteiger partial charge in [-0.2, -0.15) is 0 Å². The maximum Gasteiger partial charge on any atom is 0.225 e. The van der Waals surface area contributed by atoms with Gasteiger partial charge in [0.25, 0.3) is 0 Å². The fourth-order valence-corrected chi connectivity index (χ4v) is 2.10. The van der Waals surface area contributed by atoms with Gasteiger partial charge >= 0.3 is 0 Å². The molecule has 1 atom stereocenters. The van der Waals surface area contributed by atoms with Gasteiger partial charge in [0.15, 0.2) is 0 Å². The van der Waals surface area contributed by atoms with E-state index in [4.69, 9.17) is 4.84 Å². The summed E-state index contributed by atoms with van der Waals surface area (Å²) in [5.41, 5.74) is 0.916. The van der Waals surface area contributed by atoms with E-state index in [0.717, 1.165) is 16.5 Å². The van der Waals surface area contributed by atoms with E-state index in [0.29, 0.717) is 6.61 Å². The maximum absolute atomic E-state index is 11.1. The fraction of sp³-hybridized carbons (Fsp3) is 0.389. The van der Waals surface area contributed by atoms with Gasteiger partial charge in [0.05, 0.1) is 12.3 Å². The van der Waals surface area contributed by atoms with Crippen LogP contribution in [0.3, 0.4) is 0 Å². The quantitative estimate of drug-likeness (QED) is 0.773. The Morgan fingerprint density at radius 2 is 1.81 bits per heavy atom.